The van der Waals surface area contributed by atoms with E-state index in [1.54, 1.807) is 6.07 Å². The summed E-state index contributed by atoms with van der Waals surface area (Å²) in [7, 11) is 2.28. The summed E-state index contributed by atoms with van der Waals surface area (Å²) in [5.74, 6) is 0.676. The molecule has 3 atom stereocenters. The zero-order chi connectivity index (χ0) is 15.0. The van der Waals surface area contributed by atoms with Crippen LogP contribution in [0.4, 0.5) is 4.39 Å². The van der Waals surface area contributed by atoms with Gasteiger partial charge >= 0.3 is 0 Å². The first kappa shape index (κ1) is 15.0. The Morgan fingerprint density at radius 1 is 1.29 bits per heavy atom. The fourth-order valence-electron chi connectivity index (χ4n) is 4.03. The Morgan fingerprint density at radius 3 is 2.57 bits per heavy atom. The van der Waals surface area contributed by atoms with Crippen LogP contribution in [0.3, 0.4) is 0 Å². The molecule has 116 valence electrons. The number of piperidine rings is 1. The summed E-state index contributed by atoms with van der Waals surface area (Å²) in [6.45, 7) is 5.00. The topological polar surface area (TPSA) is 15.3 Å². The van der Waals surface area contributed by atoms with E-state index in [0.29, 0.717) is 0 Å². The van der Waals surface area contributed by atoms with Crippen molar-refractivity contribution in [3.8, 4) is 0 Å². The van der Waals surface area contributed by atoms with Gasteiger partial charge in [0.15, 0.2) is 0 Å². The Balaban J connectivity index is 1.54. The molecule has 2 saturated heterocycles. The molecule has 1 aromatic carbocycles. The maximum absolute atomic E-state index is 13.7. The minimum atomic E-state index is -0.0986. The van der Waals surface area contributed by atoms with Crippen LogP contribution in [0.5, 0.6) is 0 Å². The number of nitrogens with one attached hydrogen (secondary N) is 1. The predicted molar refractivity (Wildman–Crippen MR) is 84.9 cm³/mol. The molecular formula is C18H27FN2. The van der Waals surface area contributed by atoms with Gasteiger partial charge in [0, 0.05) is 18.1 Å². The van der Waals surface area contributed by atoms with E-state index >= 15 is 0 Å². The number of rotatable bonds is 4. The van der Waals surface area contributed by atoms with Gasteiger partial charge in [-0.2, -0.15) is 0 Å². The van der Waals surface area contributed by atoms with Crippen LogP contribution < -0.4 is 5.32 Å². The summed E-state index contributed by atoms with van der Waals surface area (Å²) in [5.41, 5.74) is 1.77. The lowest BCUT2D eigenvalue weighted by atomic mass is 9.90. The minimum Gasteiger partial charge on any atom is -0.310 e. The molecule has 1 N–H and O–H groups in total. The maximum Gasteiger partial charge on any atom is 0.126 e. The van der Waals surface area contributed by atoms with E-state index in [2.05, 4.69) is 24.2 Å². The van der Waals surface area contributed by atoms with Crippen LogP contribution in [0.25, 0.3) is 0 Å². The zero-order valence-corrected chi connectivity index (χ0v) is 13.4. The number of hydrogen-bond donors (Lipinski definition) is 1. The van der Waals surface area contributed by atoms with Gasteiger partial charge < -0.3 is 10.2 Å². The van der Waals surface area contributed by atoms with Crippen molar-refractivity contribution in [2.75, 3.05) is 13.6 Å². The van der Waals surface area contributed by atoms with E-state index in [9.17, 15) is 4.39 Å². The molecule has 0 aliphatic carbocycles. The first-order chi connectivity index (χ1) is 10.0. The van der Waals surface area contributed by atoms with Crippen LogP contribution in [0, 0.1) is 18.7 Å². The molecular weight excluding hydrogens is 263 g/mol. The molecule has 0 aromatic heterocycles. The monoisotopic (exact) mass is 290 g/mol. The van der Waals surface area contributed by atoms with E-state index in [1.807, 2.05) is 19.1 Å². The average molecular weight is 290 g/mol. The lowest BCUT2D eigenvalue weighted by molar-refractivity contribution is 0.131. The second-order valence-electron chi connectivity index (χ2n) is 7.03. The normalized spacial score (nSPS) is 30.6. The summed E-state index contributed by atoms with van der Waals surface area (Å²) in [6.07, 6.45) is 5.37. The molecule has 0 radical (unpaired) electrons. The predicted octanol–water partition coefficient (Wildman–Crippen LogP) is 3.66. The average Bonchev–Trinajstić information content (AvgIpc) is 2.69. The molecule has 21 heavy (non-hydrogen) atoms. The van der Waals surface area contributed by atoms with E-state index < -0.39 is 0 Å². The standard InChI is InChI=1S/C18H27FN2/c1-12-4-5-15(10-18(12)19)13(2)20-11-14-8-16-6-7-17(9-14)21(16)3/h4-5,10,13-14,16-17,20H,6-9,11H2,1-3H3. The molecule has 2 heterocycles. The first-order valence-electron chi connectivity index (χ1n) is 8.26. The molecule has 0 amide bonds. The van der Waals surface area contributed by atoms with E-state index in [4.69, 9.17) is 0 Å². The van der Waals surface area contributed by atoms with Crippen LogP contribution in [0.15, 0.2) is 18.2 Å². The van der Waals surface area contributed by atoms with Crippen molar-refractivity contribution in [3.63, 3.8) is 0 Å². The molecule has 2 aliphatic heterocycles. The second kappa shape index (κ2) is 6.05. The van der Waals surface area contributed by atoms with Gasteiger partial charge in [0.25, 0.3) is 0 Å². The molecule has 0 spiro atoms. The molecule has 3 rings (SSSR count). The summed E-state index contributed by atoms with van der Waals surface area (Å²) in [6, 6.07) is 7.39. The smallest absolute Gasteiger partial charge is 0.126 e. The van der Waals surface area contributed by atoms with Crippen molar-refractivity contribution in [3.05, 3.63) is 35.1 Å². The Labute approximate surface area is 127 Å². The van der Waals surface area contributed by atoms with Crippen LogP contribution >= 0.6 is 0 Å². The highest BCUT2D eigenvalue weighted by Crippen LogP contribution is 2.37. The van der Waals surface area contributed by atoms with Crippen LogP contribution in [-0.2, 0) is 0 Å². The minimum absolute atomic E-state index is 0.0986. The molecule has 3 unspecified atom stereocenters. The summed E-state index contributed by atoms with van der Waals surface area (Å²) in [5, 5.41) is 3.61. The third kappa shape index (κ3) is 3.14. The van der Waals surface area contributed by atoms with Crippen molar-refractivity contribution >= 4 is 0 Å². The van der Waals surface area contributed by atoms with Crippen molar-refractivity contribution in [1.82, 2.24) is 10.2 Å². The van der Waals surface area contributed by atoms with Gasteiger partial charge in [0.1, 0.15) is 5.82 Å². The largest absolute Gasteiger partial charge is 0.310 e. The highest BCUT2D eigenvalue weighted by molar-refractivity contribution is 5.25. The lowest BCUT2D eigenvalue weighted by Crippen LogP contribution is -2.42. The van der Waals surface area contributed by atoms with Gasteiger partial charge in [0.2, 0.25) is 0 Å². The fraction of sp³-hybridized carbons (Fsp3) is 0.667. The first-order valence-corrected chi connectivity index (χ1v) is 8.26. The maximum atomic E-state index is 13.7. The summed E-state index contributed by atoms with van der Waals surface area (Å²) < 4.78 is 13.7. The number of hydrogen-bond acceptors (Lipinski definition) is 2. The van der Waals surface area contributed by atoms with Crippen molar-refractivity contribution in [2.45, 2.75) is 57.7 Å². The van der Waals surface area contributed by atoms with E-state index in [-0.39, 0.29) is 11.9 Å². The highest BCUT2D eigenvalue weighted by atomic mass is 19.1. The quantitative estimate of drug-likeness (QED) is 0.910. The van der Waals surface area contributed by atoms with Crippen LogP contribution in [0.2, 0.25) is 0 Å². The molecule has 2 aliphatic rings. The Bertz CT molecular complexity index is 488. The molecule has 2 fully saturated rings. The highest BCUT2D eigenvalue weighted by Gasteiger charge is 2.38. The zero-order valence-electron chi connectivity index (χ0n) is 13.4. The van der Waals surface area contributed by atoms with Gasteiger partial charge in [-0.3, -0.25) is 0 Å². The fourth-order valence-corrected chi connectivity index (χ4v) is 4.03. The number of fused-ring (bicyclic) bond motifs is 2. The molecule has 1 aromatic rings. The SMILES string of the molecule is Cc1ccc(C(C)NCC2CC3CCC(C2)N3C)cc1F. The number of nitrogens with zero attached hydrogens (tertiary/aromatic N) is 1. The Kier molecular flexibility index (Phi) is 4.32. The van der Waals surface area contributed by atoms with E-state index in [1.165, 1.54) is 25.7 Å². The van der Waals surface area contributed by atoms with Gasteiger partial charge in [-0.25, -0.2) is 4.39 Å². The summed E-state index contributed by atoms with van der Waals surface area (Å²) in [4.78, 5) is 2.58. The molecule has 2 nitrogen and oxygen atoms in total. The van der Waals surface area contributed by atoms with Crippen LogP contribution in [0.1, 0.15) is 49.8 Å². The van der Waals surface area contributed by atoms with Crippen molar-refractivity contribution < 1.29 is 4.39 Å². The number of benzene rings is 1. The van der Waals surface area contributed by atoms with Crippen molar-refractivity contribution in [2.24, 2.45) is 5.92 Å². The number of aryl methyl sites for hydroxylation is 1. The molecule has 3 heteroatoms. The third-order valence-corrected chi connectivity index (χ3v) is 5.60. The molecule has 2 bridgehead atoms. The van der Waals surface area contributed by atoms with Crippen molar-refractivity contribution in [1.29, 1.82) is 0 Å². The summed E-state index contributed by atoms with van der Waals surface area (Å²) >= 11 is 0. The lowest BCUT2D eigenvalue weighted by Gasteiger charge is -2.36. The third-order valence-electron chi connectivity index (χ3n) is 5.60. The van der Waals surface area contributed by atoms with Crippen LogP contribution in [-0.4, -0.2) is 30.6 Å². The molecule has 0 saturated carbocycles. The number of halogens is 1. The van der Waals surface area contributed by atoms with Gasteiger partial charge in [0.05, 0.1) is 0 Å². The Morgan fingerprint density at radius 2 is 1.95 bits per heavy atom. The van der Waals surface area contributed by atoms with Gasteiger partial charge in [-0.15, -0.1) is 0 Å². The van der Waals surface area contributed by atoms with E-state index in [0.717, 1.165) is 35.7 Å². The van der Waals surface area contributed by atoms with Gasteiger partial charge in [-0.05, 0) is 76.2 Å². The Hall–Kier alpha value is -0.930. The second-order valence-corrected chi connectivity index (χ2v) is 7.03. The van der Waals surface area contributed by atoms with Gasteiger partial charge in [-0.1, -0.05) is 12.1 Å².